The molecular weight excluding hydrogens is 236 g/mol. The van der Waals surface area contributed by atoms with E-state index in [4.69, 9.17) is 25.2 Å². The fourth-order valence-corrected chi connectivity index (χ4v) is 1.55. The van der Waals surface area contributed by atoms with Crippen LogP contribution in [0.1, 0.15) is 9.68 Å². The lowest BCUT2D eigenvalue weighted by Crippen LogP contribution is -1.95. The average molecular weight is 252 g/mol. The van der Waals surface area contributed by atoms with Gasteiger partial charge in [-0.2, -0.15) is 0 Å². The van der Waals surface area contributed by atoms with Crippen LogP contribution in [0, 0.1) is 0 Å². The Morgan fingerprint density at radius 1 is 1.18 bits per heavy atom. The quantitative estimate of drug-likeness (QED) is 0.820. The van der Waals surface area contributed by atoms with Gasteiger partial charge in [0.25, 0.3) is 0 Å². The minimum Gasteiger partial charge on any atom is -0.495 e. The van der Waals surface area contributed by atoms with E-state index in [1.54, 1.807) is 12.1 Å². The van der Waals surface area contributed by atoms with Gasteiger partial charge in [0, 0.05) is 6.07 Å². The van der Waals surface area contributed by atoms with Gasteiger partial charge in [0.05, 0.1) is 16.2 Å². The van der Waals surface area contributed by atoms with E-state index in [0.717, 1.165) is 5.56 Å². The van der Waals surface area contributed by atoms with E-state index in [0.29, 0.717) is 12.4 Å². The molecule has 0 atom stereocenters. The Hall–Kier alpha value is -1.67. The van der Waals surface area contributed by atoms with Crippen LogP contribution in [0.15, 0.2) is 48.5 Å². The number of benzene rings is 2. The third-order valence-electron chi connectivity index (χ3n) is 2.26. The number of methoxy groups -OCH3 is 1. The minimum atomic E-state index is -2.54. The van der Waals surface area contributed by atoms with Crippen LogP contribution in [0.3, 0.4) is 0 Å². The Morgan fingerprint density at radius 2 is 2.00 bits per heavy atom. The number of ether oxygens (including phenoxy) is 2. The maximum atomic E-state index is 7.08. The third kappa shape index (κ3) is 3.14. The zero-order valence-electron chi connectivity index (χ0n) is 12.0. The van der Waals surface area contributed by atoms with Crippen LogP contribution >= 0.6 is 11.6 Å². The molecule has 0 heterocycles. The second kappa shape index (κ2) is 5.60. The lowest BCUT2D eigenvalue weighted by molar-refractivity contribution is 0.303. The Labute approximate surface area is 110 Å². The van der Waals surface area contributed by atoms with E-state index in [-0.39, 0.29) is 10.8 Å². The molecule has 2 aromatic carbocycles. The van der Waals surface area contributed by atoms with Crippen LogP contribution < -0.4 is 9.47 Å². The topological polar surface area (TPSA) is 18.5 Å². The summed E-state index contributed by atoms with van der Waals surface area (Å²) in [5, 5.41) is 0.230. The molecule has 3 heteroatoms. The summed E-state index contributed by atoms with van der Waals surface area (Å²) in [6, 6.07) is 14.3. The molecule has 0 unspecified atom stereocenters. The molecule has 0 N–H and O–H groups in total. The van der Waals surface area contributed by atoms with E-state index in [2.05, 4.69) is 0 Å². The molecule has 0 aliphatic rings. The van der Waals surface area contributed by atoms with Crippen LogP contribution in [0.25, 0.3) is 0 Å². The molecule has 17 heavy (non-hydrogen) atoms. The van der Waals surface area contributed by atoms with E-state index >= 15 is 0 Å². The van der Waals surface area contributed by atoms with E-state index in [9.17, 15) is 0 Å². The number of halogens is 1. The summed E-state index contributed by atoms with van der Waals surface area (Å²) in [4.78, 5) is 0. The summed E-state index contributed by atoms with van der Waals surface area (Å²) in [5.41, 5.74) is 1.01. The minimum absolute atomic E-state index is 0.0808. The van der Waals surface area contributed by atoms with Gasteiger partial charge in [0.2, 0.25) is 0 Å². The predicted octanol–water partition coefficient (Wildman–Crippen LogP) is 3.93. The number of rotatable bonds is 4. The van der Waals surface area contributed by atoms with Crippen molar-refractivity contribution in [1.82, 2.24) is 0 Å². The highest BCUT2D eigenvalue weighted by Gasteiger charge is 2.02. The summed E-state index contributed by atoms with van der Waals surface area (Å²) in [7, 11) is -2.54. The van der Waals surface area contributed by atoms with Gasteiger partial charge in [0.15, 0.2) is 0 Å². The summed E-state index contributed by atoms with van der Waals surface area (Å²) < 4.78 is 31.6. The SMILES string of the molecule is [2H]C([2H])([2H])Oc1cc(OCc2ccccc2)ccc1Cl. The molecule has 2 nitrogen and oxygen atoms in total. The van der Waals surface area contributed by atoms with Crippen LogP contribution in [-0.4, -0.2) is 7.04 Å². The molecule has 2 rings (SSSR count). The Kier molecular flexibility index (Phi) is 2.77. The molecule has 0 saturated heterocycles. The molecule has 2 aromatic rings. The third-order valence-corrected chi connectivity index (χ3v) is 2.57. The van der Waals surface area contributed by atoms with Crippen molar-refractivity contribution in [3.8, 4) is 11.5 Å². The van der Waals surface area contributed by atoms with Crippen molar-refractivity contribution in [2.45, 2.75) is 6.61 Å². The Balaban J connectivity index is 2.07. The van der Waals surface area contributed by atoms with Crippen molar-refractivity contribution in [2.24, 2.45) is 0 Å². The fraction of sp³-hybridized carbons (Fsp3) is 0.143. The molecular formula is C14H13ClO2. The van der Waals surface area contributed by atoms with Gasteiger partial charge >= 0.3 is 0 Å². The van der Waals surface area contributed by atoms with Crippen molar-refractivity contribution in [2.75, 3.05) is 7.04 Å². The lowest BCUT2D eigenvalue weighted by Gasteiger charge is -2.08. The van der Waals surface area contributed by atoms with Gasteiger partial charge in [-0.1, -0.05) is 41.9 Å². The molecule has 0 aliphatic heterocycles. The smallest absolute Gasteiger partial charge is 0.141 e. The lowest BCUT2D eigenvalue weighted by atomic mass is 10.2. The zero-order valence-corrected chi connectivity index (χ0v) is 9.78. The standard InChI is InChI=1S/C14H13ClO2/c1-16-14-9-12(7-8-13(14)15)17-10-11-5-3-2-4-6-11/h2-9H,10H2,1H3/i1D3. The summed E-state index contributed by atoms with van der Waals surface area (Å²) in [6.07, 6.45) is 0. The fourth-order valence-electron chi connectivity index (χ4n) is 1.39. The van der Waals surface area contributed by atoms with Crippen LogP contribution in [0.4, 0.5) is 0 Å². The van der Waals surface area contributed by atoms with E-state index < -0.39 is 7.04 Å². The molecule has 0 radical (unpaired) electrons. The Bertz CT molecular complexity index is 570. The Morgan fingerprint density at radius 3 is 2.76 bits per heavy atom. The summed E-state index contributed by atoms with van der Waals surface area (Å²) in [5.74, 6) is 0.578. The summed E-state index contributed by atoms with van der Waals surface area (Å²) >= 11 is 5.89. The highest BCUT2D eigenvalue weighted by atomic mass is 35.5. The molecule has 0 saturated carbocycles. The van der Waals surface area contributed by atoms with Crippen LogP contribution in [0.2, 0.25) is 5.02 Å². The first-order valence-electron chi connectivity index (χ1n) is 6.59. The maximum absolute atomic E-state index is 7.08. The molecule has 88 valence electrons. The van der Waals surface area contributed by atoms with Gasteiger partial charge < -0.3 is 9.47 Å². The largest absolute Gasteiger partial charge is 0.495 e. The van der Waals surface area contributed by atoms with Crippen molar-refractivity contribution < 1.29 is 13.6 Å². The van der Waals surface area contributed by atoms with Crippen molar-refractivity contribution >= 4 is 11.6 Å². The van der Waals surface area contributed by atoms with Crippen LogP contribution in [-0.2, 0) is 6.61 Å². The van der Waals surface area contributed by atoms with E-state index in [1.165, 1.54) is 6.07 Å². The molecule has 0 aromatic heterocycles. The highest BCUT2D eigenvalue weighted by molar-refractivity contribution is 6.32. The van der Waals surface area contributed by atoms with Gasteiger partial charge in [-0.3, -0.25) is 0 Å². The molecule has 0 bridgehead atoms. The molecule has 0 spiro atoms. The second-order valence-corrected chi connectivity index (χ2v) is 3.88. The monoisotopic (exact) mass is 251 g/mol. The highest BCUT2D eigenvalue weighted by Crippen LogP contribution is 2.28. The van der Waals surface area contributed by atoms with Crippen molar-refractivity contribution in [3.63, 3.8) is 0 Å². The first-order valence-corrected chi connectivity index (χ1v) is 5.47. The summed E-state index contributed by atoms with van der Waals surface area (Å²) in [6.45, 7) is 0.385. The second-order valence-electron chi connectivity index (χ2n) is 3.47. The maximum Gasteiger partial charge on any atom is 0.141 e. The van der Waals surface area contributed by atoms with Crippen molar-refractivity contribution in [3.05, 3.63) is 59.1 Å². The van der Waals surface area contributed by atoms with Gasteiger partial charge in [-0.05, 0) is 17.7 Å². The average Bonchev–Trinajstić information content (AvgIpc) is 2.39. The van der Waals surface area contributed by atoms with Crippen LogP contribution in [0.5, 0.6) is 11.5 Å². The molecule has 0 fully saturated rings. The van der Waals surface area contributed by atoms with Gasteiger partial charge in [-0.15, -0.1) is 0 Å². The first kappa shape index (κ1) is 8.43. The van der Waals surface area contributed by atoms with Gasteiger partial charge in [0.1, 0.15) is 18.1 Å². The predicted molar refractivity (Wildman–Crippen MR) is 68.8 cm³/mol. The molecule has 0 amide bonds. The number of hydrogen-bond acceptors (Lipinski definition) is 2. The zero-order chi connectivity index (χ0) is 14.6. The van der Waals surface area contributed by atoms with E-state index in [1.807, 2.05) is 30.3 Å². The van der Waals surface area contributed by atoms with Crippen molar-refractivity contribution in [1.29, 1.82) is 0 Å². The first-order chi connectivity index (χ1) is 9.44. The van der Waals surface area contributed by atoms with Gasteiger partial charge in [-0.25, -0.2) is 0 Å². The molecule has 0 aliphatic carbocycles. The normalized spacial score (nSPS) is 13.4. The number of hydrogen-bond donors (Lipinski definition) is 0.